The van der Waals surface area contributed by atoms with Crippen molar-refractivity contribution in [3.63, 3.8) is 0 Å². The van der Waals surface area contributed by atoms with Gasteiger partial charge in [-0.15, -0.1) is 10.2 Å². The Morgan fingerprint density at radius 2 is 2.05 bits per heavy atom. The van der Waals surface area contributed by atoms with E-state index < -0.39 is 11.7 Å². The van der Waals surface area contributed by atoms with E-state index in [1.54, 1.807) is 17.0 Å². The van der Waals surface area contributed by atoms with Crippen molar-refractivity contribution in [1.29, 1.82) is 5.26 Å². The van der Waals surface area contributed by atoms with Crippen LogP contribution < -0.4 is 16.0 Å². The molecule has 2 aromatic carbocycles. The smallest absolute Gasteiger partial charge is 0.234 e. The van der Waals surface area contributed by atoms with Crippen LogP contribution in [0.5, 0.6) is 0 Å². The predicted octanol–water partition coefficient (Wildman–Crippen LogP) is 5.78. The second-order valence-electron chi connectivity index (χ2n) is 9.04. The van der Waals surface area contributed by atoms with Crippen molar-refractivity contribution in [1.82, 2.24) is 10.2 Å². The average molecular weight is 626 g/mol. The van der Waals surface area contributed by atoms with Gasteiger partial charge in [0.15, 0.2) is 10.1 Å². The molecule has 1 unspecified atom stereocenters. The van der Waals surface area contributed by atoms with Gasteiger partial charge in [-0.05, 0) is 71.1 Å². The number of ketones is 1. The van der Waals surface area contributed by atoms with Crippen LogP contribution in [0.4, 0.5) is 15.2 Å². The number of aryl methyl sites for hydroxylation is 1. The number of aromatic nitrogens is 2. The standard InChI is InChI=1S/C27H22BrFN6O2S2/c1-14-5-10-19(18(28)11-14)32-22(37)13-38-27-34-33-26(39-27)35-20-3-2-4-21(36)24(20)23(17(12-30)25(35)31)15-6-8-16(29)9-7-15/h5-11,23H,2-4,13,31H2,1H3,(H,32,37). The highest BCUT2D eigenvalue weighted by Gasteiger charge is 2.41. The summed E-state index contributed by atoms with van der Waals surface area (Å²) in [6, 6.07) is 13.6. The van der Waals surface area contributed by atoms with Crippen molar-refractivity contribution in [2.45, 2.75) is 36.4 Å². The Hall–Kier alpha value is -3.53. The molecule has 0 bridgehead atoms. The van der Waals surface area contributed by atoms with E-state index in [0.29, 0.717) is 51.3 Å². The Labute approximate surface area is 240 Å². The number of hydrogen-bond acceptors (Lipinski definition) is 9. The highest BCUT2D eigenvalue weighted by molar-refractivity contribution is 9.10. The third-order valence-corrected chi connectivity index (χ3v) is 9.13. The van der Waals surface area contributed by atoms with Gasteiger partial charge in [0.1, 0.15) is 11.6 Å². The van der Waals surface area contributed by atoms with Gasteiger partial charge in [-0.25, -0.2) is 4.39 Å². The van der Waals surface area contributed by atoms with Crippen LogP contribution in [0.2, 0.25) is 0 Å². The molecular formula is C27H22BrFN6O2S2. The summed E-state index contributed by atoms with van der Waals surface area (Å²) in [7, 11) is 0. The molecule has 1 amide bonds. The quantitative estimate of drug-likeness (QED) is 0.330. The van der Waals surface area contributed by atoms with Crippen LogP contribution in [0.15, 0.2) is 73.9 Å². The summed E-state index contributed by atoms with van der Waals surface area (Å²) in [5.74, 6) is -1.08. The fourth-order valence-corrected chi connectivity index (χ4v) is 6.95. The number of nitrogens with one attached hydrogen (secondary N) is 1. The average Bonchev–Trinajstić information content (AvgIpc) is 3.37. The van der Waals surface area contributed by atoms with Gasteiger partial charge >= 0.3 is 0 Å². The first-order valence-corrected chi connectivity index (χ1v) is 14.6. The summed E-state index contributed by atoms with van der Waals surface area (Å²) in [4.78, 5) is 27.4. The van der Waals surface area contributed by atoms with E-state index in [9.17, 15) is 19.2 Å². The molecule has 5 rings (SSSR count). The number of nitrogens with zero attached hydrogens (tertiary/aromatic N) is 4. The fourth-order valence-electron chi connectivity index (χ4n) is 4.68. The highest BCUT2D eigenvalue weighted by atomic mass is 79.9. The molecule has 0 saturated carbocycles. The molecule has 39 heavy (non-hydrogen) atoms. The lowest BCUT2D eigenvalue weighted by Gasteiger charge is -2.38. The highest BCUT2D eigenvalue weighted by Crippen LogP contribution is 2.47. The Bertz CT molecular complexity index is 1580. The minimum Gasteiger partial charge on any atom is -0.384 e. The van der Waals surface area contributed by atoms with Gasteiger partial charge in [-0.2, -0.15) is 5.26 Å². The third kappa shape index (κ3) is 5.48. The molecule has 1 aliphatic heterocycles. The van der Waals surface area contributed by atoms with Crippen LogP contribution in [-0.4, -0.2) is 27.6 Å². The van der Waals surface area contributed by atoms with E-state index in [0.717, 1.165) is 10.0 Å². The Morgan fingerprint density at radius 1 is 1.28 bits per heavy atom. The van der Waals surface area contributed by atoms with E-state index >= 15 is 0 Å². The number of nitriles is 1. The van der Waals surface area contributed by atoms with Gasteiger partial charge < -0.3 is 11.1 Å². The summed E-state index contributed by atoms with van der Waals surface area (Å²) < 4.78 is 15.0. The summed E-state index contributed by atoms with van der Waals surface area (Å²) >= 11 is 5.91. The number of benzene rings is 2. The lowest BCUT2D eigenvalue weighted by molar-refractivity contribution is -0.116. The van der Waals surface area contributed by atoms with Crippen molar-refractivity contribution >= 4 is 61.5 Å². The van der Waals surface area contributed by atoms with Crippen LogP contribution in [0.1, 0.15) is 36.3 Å². The number of carbonyl (C=O) groups excluding carboxylic acids is 2. The molecule has 3 aromatic rings. The zero-order valence-corrected chi connectivity index (χ0v) is 23.9. The zero-order chi connectivity index (χ0) is 27.7. The topological polar surface area (TPSA) is 125 Å². The van der Waals surface area contributed by atoms with Crippen LogP contribution >= 0.6 is 39.0 Å². The summed E-state index contributed by atoms with van der Waals surface area (Å²) in [6.07, 6.45) is 1.55. The van der Waals surface area contributed by atoms with Crippen LogP contribution in [0, 0.1) is 24.1 Å². The van der Waals surface area contributed by atoms with Gasteiger partial charge in [0.2, 0.25) is 11.0 Å². The van der Waals surface area contributed by atoms with E-state index in [1.165, 1.54) is 35.2 Å². The monoisotopic (exact) mass is 624 g/mol. The second-order valence-corrected chi connectivity index (χ2v) is 12.1. The maximum absolute atomic E-state index is 13.6. The van der Waals surface area contributed by atoms with Crippen molar-refractivity contribution in [2.75, 3.05) is 16.0 Å². The number of nitrogens with two attached hydrogens (primary N) is 1. The van der Waals surface area contributed by atoms with Crippen molar-refractivity contribution in [2.24, 2.45) is 5.73 Å². The summed E-state index contributed by atoms with van der Waals surface area (Å²) in [5, 5.41) is 21.9. The van der Waals surface area contributed by atoms with E-state index in [4.69, 9.17) is 5.73 Å². The third-order valence-electron chi connectivity index (χ3n) is 6.43. The number of carbonyl (C=O) groups is 2. The van der Waals surface area contributed by atoms with Gasteiger partial charge in [-0.3, -0.25) is 14.5 Å². The largest absolute Gasteiger partial charge is 0.384 e. The molecule has 8 nitrogen and oxygen atoms in total. The normalized spacial score (nSPS) is 17.2. The molecule has 0 saturated heterocycles. The Kier molecular flexibility index (Phi) is 7.83. The molecule has 0 fully saturated rings. The van der Waals surface area contributed by atoms with Crippen molar-refractivity contribution < 1.29 is 14.0 Å². The van der Waals surface area contributed by atoms with E-state index in [-0.39, 0.29) is 28.8 Å². The molecular weight excluding hydrogens is 603 g/mol. The van der Waals surface area contributed by atoms with E-state index in [2.05, 4.69) is 37.5 Å². The molecule has 198 valence electrons. The molecule has 2 aliphatic rings. The van der Waals surface area contributed by atoms with Gasteiger partial charge in [0.25, 0.3) is 0 Å². The molecule has 2 heterocycles. The fraction of sp³-hybridized carbons (Fsp3) is 0.222. The maximum atomic E-state index is 13.6. The molecule has 1 atom stereocenters. The predicted molar refractivity (Wildman–Crippen MR) is 152 cm³/mol. The lowest BCUT2D eigenvalue weighted by Crippen LogP contribution is -2.38. The van der Waals surface area contributed by atoms with Gasteiger partial charge in [0, 0.05) is 22.2 Å². The zero-order valence-electron chi connectivity index (χ0n) is 20.7. The number of thioether (sulfide) groups is 1. The molecule has 12 heteroatoms. The summed E-state index contributed by atoms with van der Waals surface area (Å²) in [6.45, 7) is 1.97. The van der Waals surface area contributed by atoms with E-state index in [1.807, 2.05) is 25.1 Å². The number of rotatable bonds is 6. The number of amides is 1. The number of hydrogen-bond donors (Lipinski definition) is 2. The Morgan fingerprint density at radius 3 is 2.77 bits per heavy atom. The number of Topliss-reactive ketones (excluding diaryl/α,β-unsaturated/α-hetero) is 1. The molecule has 1 aliphatic carbocycles. The summed E-state index contributed by atoms with van der Waals surface area (Å²) in [5.41, 5.74) is 10.3. The first-order chi connectivity index (χ1) is 18.8. The number of halogens is 2. The van der Waals surface area contributed by atoms with Crippen LogP contribution in [0.25, 0.3) is 0 Å². The number of allylic oxidation sites excluding steroid dienone is 3. The maximum Gasteiger partial charge on any atom is 0.234 e. The molecule has 3 N–H and O–H groups in total. The lowest BCUT2D eigenvalue weighted by atomic mass is 9.76. The van der Waals surface area contributed by atoms with Gasteiger partial charge in [-0.1, -0.05) is 41.3 Å². The van der Waals surface area contributed by atoms with Crippen LogP contribution in [0.3, 0.4) is 0 Å². The van der Waals surface area contributed by atoms with Crippen LogP contribution in [-0.2, 0) is 9.59 Å². The molecule has 1 aromatic heterocycles. The second kappa shape index (κ2) is 11.3. The SMILES string of the molecule is Cc1ccc(NC(=O)CSc2nnc(N3C(N)=C(C#N)C(c4ccc(F)cc4)C4=C3CCCC4=O)s2)c(Br)c1. The minimum absolute atomic E-state index is 0.0751. The molecule has 0 spiro atoms. The Balaban J connectivity index is 1.41. The number of anilines is 2. The van der Waals surface area contributed by atoms with Gasteiger partial charge in [0.05, 0.1) is 29.0 Å². The first kappa shape index (κ1) is 27.1. The minimum atomic E-state index is -0.679. The van der Waals surface area contributed by atoms with Crippen molar-refractivity contribution in [3.05, 3.63) is 86.5 Å². The first-order valence-electron chi connectivity index (χ1n) is 12.0. The molecule has 0 radical (unpaired) electrons. The van der Waals surface area contributed by atoms with Crippen molar-refractivity contribution in [3.8, 4) is 6.07 Å².